The van der Waals surface area contributed by atoms with Crippen molar-refractivity contribution in [1.29, 1.82) is 0 Å². The van der Waals surface area contributed by atoms with Crippen molar-refractivity contribution in [1.82, 2.24) is 4.90 Å². The van der Waals surface area contributed by atoms with Crippen LogP contribution in [0.15, 0.2) is 77.7 Å². The highest BCUT2D eigenvalue weighted by atomic mass is 32.2. The number of carbonyl (C=O) groups is 2. The van der Waals surface area contributed by atoms with Gasteiger partial charge in [0.25, 0.3) is 11.1 Å². The lowest BCUT2D eigenvalue weighted by molar-refractivity contribution is -0.123. The van der Waals surface area contributed by atoms with E-state index >= 15 is 0 Å². The smallest absolute Gasteiger partial charge is 0.293 e. The number of nitrogens with zero attached hydrogens (tertiary/aromatic N) is 1. The molecule has 1 fully saturated rings. The first kappa shape index (κ1) is 20.9. The summed E-state index contributed by atoms with van der Waals surface area (Å²) in [6.07, 6.45) is 1.76. The van der Waals surface area contributed by atoms with Crippen LogP contribution in [-0.4, -0.2) is 16.0 Å². The number of hydrogen-bond acceptors (Lipinski definition) is 4. The molecule has 4 nitrogen and oxygen atoms in total. The van der Waals surface area contributed by atoms with Crippen LogP contribution in [0, 0.1) is 13.8 Å². The molecule has 0 bridgehead atoms. The summed E-state index contributed by atoms with van der Waals surface area (Å²) in [7, 11) is 0. The zero-order valence-electron chi connectivity index (χ0n) is 17.5. The highest BCUT2D eigenvalue weighted by Gasteiger charge is 2.34. The van der Waals surface area contributed by atoms with Gasteiger partial charge in [-0.15, -0.1) is 0 Å². The molecule has 0 unspecified atom stereocenters. The van der Waals surface area contributed by atoms with Crippen LogP contribution in [0.25, 0.3) is 6.08 Å². The van der Waals surface area contributed by atoms with Crippen molar-refractivity contribution in [3.05, 3.63) is 106 Å². The van der Waals surface area contributed by atoms with E-state index in [4.69, 9.17) is 4.74 Å². The molecule has 3 aromatic rings. The molecule has 0 aliphatic carbocycles. The van der Waals surface area contributed by atoms with Gasteiger partial charge in [0.15, 0.2) is 0 Å². The Bertz CT molecular complexity index is 1130. The maximum Gasteiger partial charge on any atom is 0.293 e. The van der Waals surface area contributed by atoms with Crippen LogP contribution in [0.5, 0.6) is 5.75 Å². The zero-order chi connectivity index (χ0) is 21.8. The van der Waals surface area contributed by atoms with E-state index in [9.17, 15) is 9.59 Å². The summed E-state index contributed by atoms with van der Waals surface area (Å²) < 4.78 is 5.87. The Morgan fingerprint density at radius 3 is 2.32 bits per heavy atom. The van der Waals surface area contributed by atoms with Gasteiger partial charge in [-0.3, -0.25) is 14.5 Å². The molecule has 0 saturated carbocycles. The van der Waals surface area contributed by atoms with E-state index in [2.05, 4.69) is 19.1 Å². The predicted molar refractivity (Wildman–Crippen MR) is 125 cm³/mol. The third kappa shape index (κ3) is 5.06. The van der Waals surface area contributed by atoms with Gasteiger partial charge in [-0.1, -0.05) is 66.2 Å². The number of thioether (sulfide) groups is 1. The fourth-order valence-corrected chi connectivity index (χ4v) is 4.10. The third-order valence-corrected chi connectivity index (χ3v) is 6.08. The Labute approximate surface area is 186 Å². The van der Waals surface area contributed by atoms with Gasteiger partial charge in [0.05, 0.1) is 11.4 Å². The molecule has 3 aromatic carbocycles. The van der Waals surface area contributed by atoms with E-state index in [1.165, 1.54) is 10.5 Å². The number of aryl methyl sites for hydroxylation is 2. The predicted octanol–water partition coefficient (Wildman–Crippen LogP) is 6.12. The summed E-state index contributed by atoms with van der Waals surface area (Å²) in [6.45, 7) is 4.86. The molecule has 0 N–H and O–H groups in total. The minimum Gasteiger partial charge on any atom is -0.489 e. The van der Waals surface area contributed by atoms with Crippen LogP contribution in [0.1, 0.15) is 27.8 Å². The van der Waals surface area contributed by atoms with Crippen molar-refractivity contribution >= 4 is 29.0 Å². The minimum atomic E-state index is -0.254. The van der Waals surface area contributed by atoms with Crippen LogP contribution in [-0.2, 0) is 17.9 Å². The molecule has 1 heterocycles. The van der Waals surface area contributed by atoms with Crippen molar-refractivity contribution < 1.29 is 14.3 Å². The fourth-order valence-electron chi connectivity index (χ4n) is 3.26. The first-order chi connectivity index (χ1) is 15.0. The molecule has 0 aromatic heterocycles. The standard InChI is InChI=1S/C26H23NO3S/c1-18-7-9-21(10-8-18)16-27-25(28)24(31-26(27)29)15-20-11-13-23(14-12-20)30-17-22-6-4-3-5-19(22)2/h3-15H,16-17H2,1-2H3/b24-15-. The number of carbonyl (C=O) groups excluding carboxylic acids is 2. The molecule has 0 spiro atoms. The van der Waals surface area contributed by atoms with Crippen LogP contribution in [0.3, 0.4) is 0 Å². The topological polar surface area (TPSA) is 46.6 Å². The average molecular weight is 430 g/mol. The molecular weight excluding hydrogens is 406 g/mol. The van der Waals surface area contributed by atoms with Crippen molar-refractivity contribution in [2.75, 3.05) is 0 Å². The van der Waals surface area contributed by atoms with E-state index in [1.54, 1.807) is 6.08 Å². The molecule has 0 atom stereocenters. The average Bonchev–Trinajstić information content (AvgIpc) is 3.03. The van der Waals surface area contributed by atoms with E-state index in [0.29, 0.717) is 11.5 Å². The van der Waals surface area contributed by atoms with E-state index < -0.39 is 0 Å². The van der Waals surface area contributed by atoms with E-state index in [-0.39, 0.29) is 17.7 Å². The fraction of sp³-hybridized carbons (Fsp3) is 0.154. The SMILES string of the molecule is Cc1ccc(CN2C(=O)S/C(=C\c3ccc(OCc4ccccc4C)cc3)C2=O)cc1. The van der Waals surface area contributed by atoms with Crippen molar-refractivity contribution in [3.8, 4) is 5.75 Å². The number of hydrogen-bond donors (Lipinski definition) is 0. The Morgan fingerprint density at radius 1 is 0.903 bits per heavy atom. The second-order valence-electron chi connectivity index (χ2n) is 7.54. The highest BCUT2D eigenvalue weighted by Crippen LogP contribution is 2.33. The van der Waals surface area contributed by atoms with E-state index in [0.717, 1.165) is 39.8 Å². The van der Waals surface area contributed by atoms with Gasteiger partial charge in [0, 0.05) is 0 Å². The Balaban J connectivity index is 1.41. The molecular formula is C26H23NO3S. The second-order valence-corrected chi connectivity index (χ2v) is 8.53. The largest absolute Gasteiger partial charge is 0.489 e. The summed E-state index contributed by atoms with van der Waals surface area (Å²) >= 11 is 0.980. The quantitative estimate of drug-likeness (QED) is 0.443. The highest BCUT2D eigenvalue weighted by molar-refractivity contribution is 8.18. The summed E-state index contributed by atoms with van der Waals surface area (Å²) in [5, 5.41) is -0.241. The summed E-state index contributed by atoms with van der Waals surface area (Å²) in [5.74, 6) is 0.503. The molecule has 1 aliphatic heterocycles. The molecule has 2 amide bonds. The summed E-state index contributed by atoms with van der Waals surface area (Å²) in [4.78, 5) is 26.8. The Kier molecular flexibility index (Phi) is 6.23. The first-order valence-electron chi connectivity index (χ1n) is 10.1. The summed E-state index contributed by atoms with van der Waals surface area (Å²) in [6, 6.07) is 23.5. The van der Waals surface area contributed by atoms with Gasteiger partial charge < -0.3 is 4.74 Å². The number of rotatable bonds is 6. The van der Waals surface area contributed by atoms with Crippen LogP contribution >= 0.6 is 11.8 Å². The van der Waals surface area contributed by atoms with Crippen LogP contribution in [0.4, 0.5) is 4.79 Å². The Morgan fingerprint density at radius 2 is 1.61 bits per heavy atom. The molecule has 1 saturated heterocycles. The van der Waals surface area contributed by atoms with Crippen molar-refractivity contribution in [3.63, 3.8) is 0 Å². The number of amides is 2. The number of benzene rings is 3. The van der Waals surface area contributed by atoms with Gasteiger partial charge in [-0.25, -0.2) is 0 Å². The second kappa shape index (κ2) is 9.23. The Hall–Kier alpha value is -3.31. The number of ether oxygens (including phenoxy) is 1. The van der Waals surface area contributed by atoms with Gasteiger partial charge in [-0.2, -0.15) is 0 Å². The molecule has 5 heteroatoms. The summed E-state index contributed by atoms with van der Waals surface area (Å²) in [5.41, 5.74) is 5.27. The van der Waals surface area contributed by atoms with Gasteiger partial charge in [0.1, 0.15) is 12.4 Å². The van der Waals surface area contributed by atoms with Gasteiger partial charge in [-0.05, 0) is 66.1 Å². The lowest BCUT2D eigenvalue weighted by Crippen LogP contribution is -2.27. The molecule has 4 rings (SSSR count). The lowest BCUT2D eigenvalue weighted by atomic mass is 10.1. The first-order valence-corrected chi connectivity index (χ1v) is 10.9. The monoisotopic (exact) mass is 429 g/mol. The number of imide groups is 1. The van der Waals surface area contributed by atoms with Crippen molar-refractivity contribution in [2.45, 2.75) is 27.0 Å². The van der Waals surface area contributed by atoms with Crippen molar-refractivity contribution in [2.24, 2.45) is 0 Å². The molecule has 1 aliphatic rings. The molecule has 156 valence electrons. The zero-order valence-corrected chi connectivity index (χ0v) is 18.3. The maximum absolute atomic E-state index is 12.7. The van der Waals surface area contributed by atoms with E-state index in [1.807, 2.05) is 67.6 Å². The molecule has 0 radical (unpaired) electrons. The maximum atomic E-state index is 12.7. The van der Waals surface area contributed by atoms with Crippen LogP contribution in [0.2, 0.25) is 0 Å². The van der Waals surface area contributed by atoms with Crippen LogP contribution < -0.4 is 4.74 Å². The third-order valence-electron chi connectivity index (χ3n) is 5.17. The van der Waals surface area contributed by atoms with Gasteiger partial charge >= 0.3 is 0 Å². The normalized spacial score (nSPS) is 15.0. The lowest BCUT2D eigenvalue weighted by Gasteiger charge is -2.12. The minimum absolute atomic E-state index is 0.241. The van der Waals surface area contributed by atoms with Gasteiger partial charge in [0.2, 0.25) is 0 Å². The molecule has 31 heavy (non-hydrogen) atoms.